The molecule has 0 saturated carbocycles. The van der Waals surface area contributed by atoms with Crippen molar-refractivity contribution < 1.29 is 13.2 Å². The van der Waals surface area contributed by atoms with E-state index in [9.17, 15) is 13.2 Å². The van der Waals surface area contributed by atoms with Gasteiger partial charge in [0.25, 0.3) is 15.9 Å². The molecule has 3 aromatic carbocycles. The Morgan fingerprint density at radius 1 is 0.933 bits per heavy atom. The number of aryl methyl sites for hydroxylation is 1. The highest BCUT2D eigenvalue weighted by Crippen LogP contribution is 2.31. The lowest BCUT2D eigenvalue weighted by atomic mass is 9.87. The van der Waals surface area contributed by atoms with Crippen LogP contribution in [0.3, 0.4) is 0 Å². The third-order valence-electron chi connectivity index (χ3n) is 5.56. The molecule has 0 aromatic heterocycles. The van der Waals surface area contributed by atoms with Gasteiger partial charge in [-0.1, -0.05) is 54.6 Å². The minimum Gasteiger partial charge on any atom is -0.345 e. The van der Waals surface area contributed by atoms with Gasteiger partial charge in [0, 0.05) is 7.05 Å². The fourth-order valence-corrected chi connectivity index (χ4v) is 5.20. The van der Waals surface area contributed by atoms with E-state index in [0.29, 0.717) is 11.3 Å². The van der Waals surface area contributed by atoms with Crippen LogP contribution in [0.1, 0.15) is 40.4 Å². The van der Waals surface area contributed by atoms with E-state index in [1.165, 1.54) is 16.9 Å². The maximum Gasteiger partial charge on any atom is 0.264 e. The molecule has 30 heavy (non-hydrogen) atoms. The van der Waals surface area contributed by atoms with Crippen molar-refractivity contribution in [2.24, 2.45) is 0 Å². The summed E-state index contributed by atoms with van der Waals surface area (Å²) in [6.45, 7) is 0. The number of carbonyl (C=O) groups is 1. The monoisotopic (exact) mass is 420 g/mol. The predicted molar refractivity (Wildman–Crippen MR) is 118 cm³/mol. The van der Waals surface area contributed by atoms with Crippen molar-refractivity contribution in [1.29, 1.82) is 0 Å². The van der Waals surface area contributed by atoms with E-state index in [4.69, 9.17) is 0 Å². The van der Waals surface area contributed by atoms with Crippen molar-refractivity contribution >= 4 is 21.6 Å². The average molecular weight is 421 g/mol. The van der Waals surface area contributed by atoms with Crippen molar-refractivity contribution in [3.05, 3.63) is 95.6 Å². The average Bonchev–Trinajstić information content (AvgIpc) is 2.79. The third kappa shape index (κ3) is 3.83. The van der Waals surface area contributed by atoms with Crippen molar-refractivity contribution in [3.8, 4) is 0 Å². The van der Waals surface area contributed by atoms with Crippen LogP contribution in [0.25, 0.3) is 0 Å². The molecule has 1 amide bonds. The van der Waals surface area contributed by atoms with E-state index in [1.807, 2.05) is 12.1 Å². The van der Waals surface area contributed by atoms with Gasteiger partial charge in [-0.3, -0.25) is 9.10 Å². The van der Waals surface area contributed by atoms with E-state index in [0.717, 1.165) is 24.8 Å². The van der Waals surface area contributed by atoms with Crippen LogP contribution in [0.5, 0.6) is 0 Å². The highest BCUT2D eigenvalue weighted by Gasteiger charge is 2.27. The summed E-state index contributed by atoms with van der Waals surface area (Å²) in [5.41, 5.74) is 3.08. The Hall–Kier alpha value is -3.12. The Balaban J connectivity index is 1.63. The summed E-state index contributed by atoms with van der Waals surface area (Å²) in [5, 5.41) is 3.12. The molecule has 6 heteroatoms. The van der Waals surface area contributed by atoms with Crippen LogP contribution in [-0.4, -0.2) is 21.4 Å². The molecule has 0 unspecified atom stereocenters. The Morgan fingerprint density at radius 3 is 2.40 bits per heavy atom. The maximum absolute atomic E-state index is 13.2. The summed E-state index contributed by atoms with van der Waals surface area (Å²) < 4.78 is 27.3. The van der Waals surface area contributed by atoms with E-state index in [-0.39, 0.29) is 16.8 Å². The van der Waals surface area contributed by atoms with Gasteiger partial charge >= 0.3 is 0 Å². The van der Waals surface area contributed by atoms with Crippen molar-refractivity contribution in [2.75, 3.05) is 11.4 Å². The number of nitrogens with one attached hydrogen (secondary N) is 1. The Labute approximate surface area is 177 Å². The zero-order chi connectivity index (χ0) is 21.1. The largest absolute Gasteiger partial charge is 0.345 e. The lowest BCUT2D eigenvalue weighted by Gasteiger charge is -2.27. The molecule has 0 saturated heterocycles. The molecule has 3 aromatic rings. The van der Waals surface area contributed by atoms with Crippen LogP contribution in [0.15, 0.2) is 83.8 Å². The first-order valence-corrected chi connectivity index (χ1v) is 11.4. The Kier molecular flexibility index (Phi) is 5.59. The summed E-state index contributed by atoms with van der Waals surface area (Å²) >= 11 is 0. The van der Waals surface area contributed by atoms with Crippen molar-refractivity contribution in [2.45, 2.75) is 30.2 Å². The summed E-state index contributed by atoms with van der Waals surface area (Å²) in [4.78, 5) is 13.4. The number of benzene rings is 3. The van der Waals surface area contributed by atoms with Crippen LogP contribution in [0.4, 0.5) is 5.69 Å². The van der Waals surface area contributed by atoms with Gasteiger partial charge in [-0.2, -0.15) is 0 Å². The minimum atomic E-state index is -3.78. The van der Waals surface area contributed by atoms with Crippen molar-refractivity contribution in [3.63, 3.8) is 0 Å². The lowest BCUT2D eigenvalue weighted by Crippen LogP contribution is -2.33. The smallest absolute Gasteiger partial charge is 0.264 e. The molecule has 1 atom stereocenters. The number of rotatable bonds is 5. The molecule has 0 aliphatic heterocycles. The van der Waals surface area contributed by atoms with Gasteiger partial charge < -0.3 is 5.32 Å². The molecular formula is C24H24N2O3S. The van der Waals surface area contributed by atoms with Crippen molar-refractivity contribution in [1.82, 2.24) is 5.32 Å². The van der Waals surface area contributed by atoms with E-state index >= 15 is 0 Å². The lowest BCUT2D eigenvalue weighted by molar-refractivity contribution is 0.0933. The molecule has 5 nitrogen and oxygen atoms in total. The highest BCUT2D eigenvalue weighted by atomic mass is 32.2. The number of para-hydroxylation sites is 1. The molecular weight excluding hydrogens is 396 g/mol. The van der Waals surface area contributed by atoms with E-state index in [1.54, 1.807) is 54.6 Å². The molecule has 0 heterocycles. The van der Waals surface area contributed by atoms with Gasteiger partial charge in [0.2, 0.25) is 0 Å². The summed E-state index contributed by atoms with van der Waals surface area (Å²) in [6.07, 6.45) is 2.88. The highest BCUT2D eigenvalue weighted by molar-refractivity contribution is 7.92. The van der Waals surface area contributed by atoms with E-state index in [2.05, 4.69) is 17.4 Å². The third-order valence-corrected chi connectivity index (χ3v) is 7.35. The second-order valence-corrected chi connectivity index (χ2v) is 9.39. The zero-order valence-electron chi connectivity index (χ0n) is 16.8. The quantitative estimate of drug-likeness (QED) is 0.669. The predicted octanol–water partition coefficient (Wildman–Crippen LogP) is 4.32. The number of fused-ring (bicyclic) bond motifs is 1. The number of sulfonamides is 1. The van der Waals surface area contributed by atoms with Crippen LogP contribution >= 0.6 is 0 Å². The van der Waals surface area contributed by atoms with Gasteiger partial charge in [0.05, 0.1) is 22.2 Å². The number of nitrogens with zero attached hydrogens (tertiary/aromatic N) is 1. The molecule has 0 bridgehead atoms. The van der Waals surface area contributed by atoms with Gasteiger partial charge in [-0.05, 0) is 54.7 Å². The second kappa shape index (κ2) is 8.32. The molecule has 0 fully saturated rings. The summed E-state index contributed by atoms with van der Waals surface area (Å²) in [5.74, 6) is -0.276. The minimum absolute atomic E-state index is 0.0773. The molecule has 0 spiro atoms. The SMILES string of the molecule is CN(c1ccccc1C(=O)N[C@H]1CCCc2ccccc21)S(=O)(=O)c1ccccc1. The number of hydrogen-bond donors (Lipinski definition) is 1. The van der Waals surface area contributed by atoms with Gasteiger partial charge in [0.1, 0.15) is 0 Å². The number of anilines is 1. The van der Waals surface area contributed by atoms with Gasteiger partial charge in [-0.15, -0.1) is 0 Å². The van der Waals surface area contributed by atoms with Crippen LogP contribution < -0.4 is 9.62 Å². The van der Waals surface area contributed by atoms with Gasteiger partial charge in [-0.25, -0.2) is 8.42 Å². The molecule has 1 aliphatic rings. The fraction of sp³-hybridized carbons (Fsp3) is 0.208. The topological polar surface area (TPSA) is 66.5 Å². The summed E-state index contributed by atoms with van der Waals surface area (Å²) in [7, 11) is -2.30. The first-order valence-electron chi connectivity index (χ1n) is 10.00. The normalized spacial score (nSPS) is 15.8. The fourth-order valence-electron chi connectivity index (χ4n) is 3.96. The maximum atomic E-state index is 13.2. The Bertz CT molecular complexity index is 1160. The number of hydrogen-bond acceptors (Lipinski definition) is 3. The molecule has 154 valence electrons. The van der Waals surface area contributed by atoms with E-state index < -0.39 is 10.0 Å². The first-order chi connectivity index (χ1) is 14.5. The van der Waals surface area contributed by atoms with Crippen LogP contribution in [-0.2, 0) is 16.4 Å². The number of carbonyl (C=O) groups excluding carboxylic acids is 1. The van der Waals surface area contributed by atoms with Gasteiger partial charge in [0.15, 0.2) is 0 Å². The second-order valence-electron chi connectivity index (χ2n) is 7.42. The molecule has 1 N–H and O–H groups in total. The molecule has 4 rings (SSSR count). The molecule has 1 aliphatic carbocycles. The molecule has 0 radical (unpaired) electrons. The van der Waals surface area contributed by atoms with Crippen LogP contribution in [0.2, 0.25) is 0 Å². The first kappa shape index (κ1) is 20.2. The Morgan fingerprint density at radius 2 is 1.60 bits per heavy atom. The standard InChI is InChI=1S/C24H24N2O3S/c1-26(30(28,29)19-12-3-2-4-13-19)23-17-8-7-15-21(23)24(27)25-22-16-9-11-18-10-5-6-14-20(18)22/h2-8,10,12-15,17,22H,9,11,16H2,1H3,(H,25,27)/t22-/m0/s1. The summed E-state index contributed by atoms with van der Waals surface area (Å²) in [6, 6.07) is 23.1. The van der Waals surface area contributed by atoms with Crippen LogP contribution in [0, 0.1) is 0 Å². The zero-order valence-corrected chi connectivity index (χ0v) is 17.6. The number of amides is 1.